The topological polar surface area (TPSA) is 58.1 Å². The van der Waals surface area contributed by atoms with Crippen LogP contribution in [0.5, 0.6) is 0 Å². The molecule has 132 valence electrons. The first-order chi connectivity index (χ1) is 12.3. The van der Waals surface area contributed by atoms with E-state index in [-0.39, 0.29) is 11.9 Å². The van der Waals surface area contributed by atoms with Gasteiger partial charge in [0, 0.05) is 37.3 Å². The van der Waals surface area contributed by atoms with Gasteiger partial charge in [0.15, 0.2) is 5.16 Å². The Hall–Kier alpha value is -1.92. The fraction of sp³-hybridized carbons (Fsp3) is 0.421. The molecule has 0 spiro atoms. The van der Waals surface area contributed by atoms with E-state index in [1.54, 1.807) is 18.8 Å². The maximum absolute atomic E-state index is 12.1. The molecule has 1 fully saturated rings. The van der Waals surface area contributed by atoms with E-state index in [0.717, 1.165) is 48.8 Å². The average molecular weight is 356 g/mol. The van der Waals surface area contributed by atoms with E-state index >= 15 is 0 Å². The molecule has 2 heterocycles. The van der Waals surface area contributed by atoms with Crippen LogP contribution in [0.1, 0.15) is 30.4 Å². The van der Waals surface area contributed by atoms with Crippen LogP contribution in [0, 0.1) is 0 Å². The van der Waals surface area contributed by atoms with Crippen molar-refractivity contribution in [1.29, 1.82) is 0 Å². The second-order valence-electron chi connectivity index (χ2n) is 6.24. The van der Waals surface area contributed by atoms with Crippen LogP contribution < -0.4 is 5.32 Å². The number of aromatic nitrogens is 2. The van der Waals surface area contributed by atoms with Crippen LogP contribution >= 0.6 is 11.8 Å². The molecule has 1 aromatic carbocycles. The number of benzene rings is 1. The molecule has 0 saturated carbocycles. The number of hydrogen-bond donors (Lipinski definition) is 1. The third kappa shape index (κ3) is 5.03. The Morgan fingerprint density at radius 2 is 1.96 bits per heavy atom. The molecule has 1 amide bonds. The van der Waals surface area contributed by atoms with Gasteiger partial charge in [-0.3, -0.25) is 9.69 Å². The molecule has 1 aromatic heterocycles. The number of thioether (sulfide) groups is 1. The summed E-state index contributed by atoms with van der Waals surface area (Å²) in [7, 11) is 1.71. The van der Waals surface area contributed by atoms with Crippen LogP contribution in [0.25, 0.3) is 0 Å². The van der Waals surface area contributed by atoms with E-state index in [2.05, 4.69) is 32.3 Å². The molecule has 5 nitrogen and oxygen atoms in total. The Labute approximate surface area is 153 Å². The summed E-state index contributed by atoms with van der Waals surface area (Å²) < 4.78 is 0. The molecular formula is C19H24N4OS. The second kappa shape index (κ2) is 8.97. The van der Waals surface area contributed by atoms with Gasteiger partial charge in [-0.25, -0.2) is 9.97 Å². The lowest BCUT2D eigenvalue weighted by atomic mass is 10.0. The Morgan fingerprint density at radius 1 is 1.20 bits per heavy atom. The number of piperidine rings is 1. The van der Waals surface area contributed by atoms with Crippen molar-refractivity contribution < 1.29 is 4.79 Å². The van der Waals surface area contributed by atoms with Crippen LogP contribution in [0.2, 0.25) is 0 Å². The van der Waals surface area contributed by atoms with Crippen molar-refractivity contribution in [3.63, 3.8) is 0 Å². The molecule has 1 N–H and O–H groups in total. The van der Waals surface area contributed by atoms with Crippen molar-refractivity contribution in [2.24, 2.45) is 0 Å². The maximum atomic E-state index is 12.1. The summed E-state index contributed by atoms with van der Waals surface area (Å²) in [5.41, 5.74) is 2.32. The fourth-order valence-electron chi connectivity index (χ4n) is 3.10. The quantitative estimate of drug-likeness (QED) is 0.637. The van der Waals surface area contributed by atoms with Crippen LogP contribution in [-0.2, 0) is 17.1 Å². The molecule has 1 saturated heterocycles. The molecule has 6 heteroatoms. The molecule has 1 atom stereocenters. The van der Waals surface area contributed by atoms with Crippen molar-refractivity contribution in [2.75, 3.05) is 13.6 Å². The molecular weight excluding hydrogens is 332 g/mol. The number of hydrogen-bond acceptors (Lipinski definition) is 5. The summed E-state index contributed by atoms with van der Waals surface area (Å²) in [5.74, 6) is 0.973. The van der Waals surface area contributed by atoms with E-state index in [1.165, 1.54) is 5.56 Å². The molecule has 25 heavy (non-hydrogen) atoms. The van der Waals surface area contributed by atoms with E-state index in [1.807, 2.05) is 30.6 Å². The molecule has 3 rings (SSSR count). The molecule has 0 bridgehead atoms. The summed E-state index contributed by atoms with van der Waals surface area (Å²) in [6, 6.07) is 10.3. The third-order valence-electron chi connectivity index (χ3n) is 4.44. The fourth-order valence-corrected chi connectivity index (χ4v) is 3.84. The van der Waals surface area contributed by atoms with Gasteiger partial charge in [-0.1, -0.05) is 48.5 Å². The van der Waals surface area contributed by atoms with Crippen LogP contribution in [0.15, 0.2) is 47.9 Å². The van der Waals surface area contributed by atoms with Crippen LogP contribution in [0.3, 0.4) is 0 Å². The van der Waals surface area contributed by atoms with E-state index in [9.17, 15) is 4.79 Å². The molecule has 1 unspecified atom stereocenters. The number of carbonyl (C=O) groups is 1. The van der Waals surface area contributed by atoms with E-state index in [0.29, 0.717) is 0 Å². The van der Waals surface area contributed by atoms with Crippen molar-refractivity contribution in [3.8, 4) is 0 Å². The first kappa shape index (κ1) is 17.9. The standard InChI is InChI=1S/C19H24N4OS/c1-20-18(24)17-9-5-6-10-23(17)13-16-11-21-19(22-12-16)25-14-15-7-3-2-4-8-15/h2-4,7-8,11-12,17H,5-6,9-10,13-14H2,1H3,(H,20,24). The lowest BCUT2D eigenvalue weighted by Gasteiger charge is -2.34. The smallest absolute Gasteiger partial charge is 0.237 e. The van der Waals surface area contributed by atoms with Gasteiger partial charge >= 0.3 is 0 Å². The Kier molecular flexibility index (Phi) is 6.42. The number of likely N-dealkylation sites (N-methyl/N-ethyl adjacent to an activating group) is 1. The third-order valence-corrected chi connectivity index (χ3v) is 5.39. The zero-order chi connectivity index (χ0) is 17.5. The van der Waals surface area contributed by atoms with Crippen LogP contribution in [-0.4, -0.2) is 40.4 Å². The number of carbonyl (C=O) groups excluding carboxylic acids is 1. The number of likely N-dealkylation sites (tertiary alicyclic amines) is 1. The molecule has 1 aliphatic rings. The minimum absolute atomic E-state index is 0.0362. The molecule has 0 radical (unpaired) electrons. The summed E-state index contributed by atoms with van der Waals surface area (Å²) in [6.45, 7) is 1.67. The van der Waals surface area contributed by atoms with E-state index in [4.69, 9.17) is 0 Å². The predicted molar refractivity (Wildman–Crippen MR) is 100 cm³/mol. The van der Waals surface area contributed by atoms with Crippen LogP contribution in [0.4, 0.5) is 0 Å². The summed E-state index contributed by atoms with van der Waals surface area (Å²) in [4.78, 5) is 23.2. The number of nitrogens with zero attached hydrogens (tertiary/aromatic N) is 3. The highest BCUT2D eigenvalue weighted by Crippen LogP contribution is 2.21. The lowest BCUT2D eigenvalue weighted by molar-refractivity contribution is -0.127. The first-order valence-electron chi connectivity index (χ1n) is 8.69. The Bertz CT molecular complexity index is 678. The number of nitrogens with one attached hydrogen (secondary N) is 1. The van der Waals surface area contributed by atoms with Crippen molar-refractivity contribution in [1.82, 2.24) is 20.2 Å². The van der Waals surface area contributed by atoms with Gasteiger partial charge in [0.1, 0.15) is 0 Å². The van der Waals surface area contributed by atoms with Gasteiger partial charge in [0.2, 0.25) is 5.91 Å². The molecule has 1 aliphatic heterocycles. The minimum Gasteiger partial charge on any atom is -0.358 e. The zero-order valence-electron chi connectivity index (χ0n) is 14.5. The maximum Gasteiger partial charge on any atom is 0.237 e. The molecule has 2 aromatic rings. The monoisotopic (exact) mass is 356 g/mol. The van der Waals surface area contributed by atoms with Gasteiger partial charge in [-0.15, -0.1) is 0 Å². The predicted octanol–water partition coefficient (Wildman–Crippen LogP) is 2.87. The average Bonchev–Trinajstić information content (AvgIpc) is 2.68. The van der Waals surface area contributed by atoms with Crippen molar-refractivity contribution in [2.45, 2.75) is 42.8 Å². The van der Waals surface area contributed by atoms with Gasteiger partial charge in [0.05, 0.1) is 6.04 Å². The normalized spacial score (nSPS) is 18.0. The zero-order valence-corrected chi connectivity index (χ0v) is 15.3. The van der Waals surface area contributed by atoms with Gasteiger partial charge in [-0.2, -0.15) is 0 Å². The highest BCUT2D eigenvalue weighted by molar-refractivity contribution is 7.98. The highest BCUT2D eigenvalue weighted by atomic mass is 32.2. The first-order valence-corrected chi connectivity index (χ1v) is 9.68. The van der Waals surface area contributed by atoms with Gasteiger partial charge < -0.3 is 5.32 Å². The summed E-state index contributed by atoms with van der Waals surface area (Å²) in [6.07, 6.45) is 6.94. The summed E-state index contributed by atoms with van der Waals surface area (Å²) in [5, 5.41) is 3.56. The van der Waals surface area contributed by atoms with Gasteiger partial charge in [0.25, 0.3) is 0 Å². The van der Waals surface area contributed by atoms with Gasteiger partial charge in [-0.05, 0) is 24.9 Å². The largest absolute Gasteiger partial charge is 0.358 e. The number of rotatable bonds is 6. The van der Waals surface area contributed by atoms with Crippen molar-refractivity contribution in [3.05, 3.63) is 53.9 Å². The van der Waals surface area contributed by atoms with E-state index < -0.39 is 0 Å². The molecule has 0 aliphatic carbocycles. The van der Waals surface area contributed by atoms with Crippen molar-refractivity contribution >= 4 is 17.7 Å². The SMILES string of the molecule is CNC(=O)C1CCCCN1Cc1cnc(SCc2ccccc2)nc1. The highest BCUT2D eigenvalue weighted by Gasteiger charge is 2.27. The number of amides is 1. The summed E-state index contributed by atoms with van der Waals surface area (Å²) >= 11 is 1.64. The lowest BCUT2D eigenvalue weighted by Crippen LogP contribution is -2.48. The Balaban J connectivity index is 1.57. The Morgan fingerprint density at radius 3 is 2.68 bits per heavy atom. The minimum atomic E-state index is -0.0362. The second-order valence-corrected chi connectivity index (χ2v) is 7.19.